The smallest absolute Gasteiger partial charge is 0.224 e. The van der Waals surface area contributed by atoms with Crippen LogP contribution in [0.25, 0.3) is 0 Å². The molecule has 1 heterocycles. The van der Waals surface area contributed by atoms with Gasteiger partial charge in [-0.15, -0.1) is 0 Å². The van der Waals surface area contributed by atoms with Crippen molar-refractivity contribution in [2.45, 2.75) is 33.6 Å². The van der Waals surface area contributed by atoms with Crippen molar-refractivity contribution in [3.8, 4) is 0 Å². The average molecular weight is 266 g/mol. The standard InChI is InChI=1S/C12H22N6O/c1-7(2)8-9(16-6-17-10(8)18-14)15-5-12(3,4)11(13)19/h6-7H,5,14H2,1-4H3,(H2,13,19)(H2,15,16,17,18). The molecule has 0 bridgehead atoms. The highest BCUT2D eigenvalue weighted by Crippen LogP contribution is 2.28. The van der Waals surface area contributed by atoms with Gasteiger partial charge >= 0.3 is 0 Å². The fourth-order valence-corrected chi connectivity index (χ4v) is 1.59. The van der Waals surface area contributed by atoms with Gasteiger partial charge in [-0.05, 0) is 19.8 Å². The number of hydrazine groups is 1. The van der Waals surface area contributed by atoms with Gasteiger partial charge in [0.05, 0.1) is 5.41 Å². The van der Waals surface area contributed by atoms with E-state index >= 15 is 0 Å². The highest BCUT2D eigenvalue weighted by Gasteiger charge is 2.25. The highest BCUT2D eigenvalue weighted by atomic mass is 16.1. The van der Waals surface area contributed by atoms with Gasteiger partial charge in [0, 0.05) is 12.1 Å². The molecular weight excluding hydrogens is 244 g/mol. The van der Waals surface area contributed by atoms with Crippen LogP contribution in [-0.4, -0.2) is 22.4 Å². The number of amides is 1. The van der Waals surface area contributed by atoms with Crippen molar-refractivity contribution in [3.63, 3.8) is 0 Å². The second-order valence-corrected chi connectivity index (χ2v) is 5.39. The van der Waals surface area contributed by atoms with Crippen LogP contribution in [0.5, 0.6) is 0 Å². The number of carbonyl (C=O) groups is 1. The van der Waals surface area contributed by atoms with Gasteiger partial charge in [0.2, 0.25) is 5.91 Å². The van der Waals surface area contributed by atoms with Gasteiger partial charge in [-0.25, -0.2) is 15.8 Å². The lowest BCUT2D eigenvalue weighted by Gasteiger charge is -2.23. The third kappa shape index (κ3) is 3.54. The van der Waals surface area contributed by atoms with E-state index in [-0.39, 0.29) is 11.8 Å². The van der Waals surface area contributed by atoms with Crippen LogP contribution in [0.4, 0.5) is 11.6 Å². The molecule has 0 aliphatic carbocycles. The molecule has 0 aliphatic rings. The van der Waals surface area contributed by atoms with E-state index < -0.39 is 5.41 Å². The molecule has 0 saturated carbocycles. The van der Waals surface area contributed by atoms with Gasteiger partial charge in [0.25, 0.3) is 0 Å². The third-order valence-electron chi connectivity index (χ3n) is 2.96. The largest absolute Gasteiger partial charge is 0.369 e. The van der Waals surface area contributed by atoms with Crippen LogP contribution >= 0.6 is 0 Å². The maximum atomic E-state index is 11.3. The molecule has 0 aromatic carbocycles. The fourth-order valence-electron chi connectivity index (χ4n) is 1.59. The molecule has 1 amide bonds. The summed E-state index contributed by atoms with van der Waals surface area (Å²) >= 11 is 0. The number of primary amides is 1. The van der Waals surface area contributed by atoms with Crippen molar-refractivity contribution >= 4 is 17.5 Å². The van der Waals surface area contributed by atoms with Crippen molar-refractivity contribution in [1.29, 1.82) is 0 Å². The van der Waals surface area contributed by atoms with Crippen LogP contribution in [0.15, 0.2) is 6.33 Å². The Hall–Kier alpha value is -1.89. The summed E-state index contributed by atoms with van der Waals surface area (Å²) in [7, 11) is 0. The molecule has 0 radical (unpaired) electrons. The maximum absolute atomic E-state index is 11.3. The Bertz CT molecular complexity index is 458. The van der Waals surface area contributed by atoms with Crippen molar-refractivity contribution in [1.82, 2.24) is 9.97 Å². The summed E-state index contributed by atoms with van der Waals surface area (Å²) in [4.78, 5) is 19.6. The number of nitrogens with zero attached hydrogens (tertiary/aromatic N) is 2. The first-order chi connectivity index (χ1) is 8.79. The predicted molar refractivity (Wildman–Crippen MR) is 75.4 cm³/mol. The maximum Gasteiger partial charge on any atom is 0.224 e. The average Bonchev–Trinajstić information content (AvgIpc) is 2.35. The van der Waals surface area contributed by atoms with Gasteiger partial charge in [0.15, 0.2) is 0 Å². The molecule has 0 fully saturated rings. The van der Waals surface area contributed by atoms with Crippen molar-refractivity contribution in [2.24, 2.45) is 17.0 Å². The lowest BCUT2D eigenvalue weighted by atomic mass is 9.92. The number of aromatic nitrogens is 2. The van der Waals surface area contributed by atoms with Gasteiger partial charge in [-0.3, -0.25) is 4.79 Å². The number of carbonyl (C=O) groups excluding carboxylic acids is 1. The first kappa shape index (κ1) is 15.2. The molecule has 0 spiro atoms. The predicted octanol–water partition coefficient (Wildman–Crippen LogP) is 0.809. The zero-order chi connectivity index (χ0) is 14.6. The third-order valence-corrected chi connectivity index (χ3v) is 2.96. The van der Waals surface area contributed by atoms with Crippen LogP contribution < -0.4 is 22.3 Å². The van der Waals surface area contributed by atoms with E-state index in [0.29, 0.717) is 18.2 Å². The molecule has 106 valence electrons. The molecule has 19 heavy (non-hydrogen) atoms. The number of nitrogens with one attached hydrogen (secondary N) is 2. The minimum atomic E-state index is -0.657. The molecule has 6 N–H and O–H groups in total. The molecule has 0 saturated heterocycles. The lowest BCUT2D eigenvalue weighted by Crippen LogP contribution is -2.37. The number of hydrogen-bond donors (Lipinski definition) is 4. The lowest BCUT2D eigenvalue weighted by molar-refractivity contribution is -0.125. The van der Waals surface area contributed by atoms with E-state index in [1.54, 1.807) is 13.8 Å². The van der Waals surface area contributed by atoms with Gasteiger partial charge in [0.1, 0.15) is 18.0 Å². The number of hydrogen-bond acceptors (Lipinski definition) is 6. The summed E-state index contributed by atoms with van der Waals surface area (Å²) in [5, 5.41) is 3.14. The summed E-state index contributed by atoms with van der Waals surface area (Å²) in [5.74, 6) is 6.50. The quantitative estimate of drug-likeness (QED) is 0.447. The molecule has 1 aromatic rings. The Morgan fingerprint density at radius 3 is 2.42 bits per heavy atom. The molecule has 1 rings (SSSR count). The van der Waals surface area contributed by atoms with Crippen LogP contribution in [-0.2, 0) is 4.79 Å². The number of nitrogens with two attached hydrogens (primary N) is 2. The Morgan fingerprint density at radius 2 is 1.95 bits per heavy atom. The van der Waals surface area contributed by atoms with Crippen molar-refractivity contribution in [2.75, 3.05) is 17.3 Å². The zero-order valence-electron chi connectivity index (χ0n) is 11.8. The van der Waals surface area contributed by atoms with Crippen LogP contribution in [0.3, 0.4) is 0 Å². The zero-order valence-corrected chi connectivity index (χ0v) is 11.8. The number of anilines is 2. The summed E-state index contributed by atoms with van der Waals surface area (Å²) in [6, 6.07) is 0. The van der Waals surface area contributed by atoms with E-state index in [2.05, 4.69) is 20.7 Å². The monoisotopic (exact) mass is 266 g/mol. The number of rotatable bonds is 6. The Morgan fingerprint density at radius 1 is 1.37 bits per heavy atom. The molecule has 0 aliphatic heterocycles. The molecule has 7 heteroatoms. The second kappa shape index (κ2) is 5.83. The first-order valence-corrected chi connectivity index (χ1v) is 6.15. The first-order valence-electron chi connectivity index (χ1n) is 6.15. The molecular formula is C12H22N6O. The van der Waals surface area contributed by atoms with Gasteiger partial charge in [-0.2, -0.15) is 0 Å². The van der Waals surface area contributed by atoms with Crippen LogP contribution in [0, 0.1) is 5.41 Å². The topological polar surface area (TPSA) is 119 Å². The van der Waals surface area contributed by atoms with Crippen molar-refractivity contribution < 1.29 is 4.79 Å². The Balaban J connectivity index is 2.99. The highest BCUT2D eigenvalue weighted by molar-refractivity contribution is 5.80. The fraction of sp³-hybridized carbons (Fsp3) is 0.583. The van der Waals surface area contributed by atoms with Crippen LogP contribution in [0.2, 0.25) is 0 Å². The molecule has 0 atom stereocenters. The van der Waals surface area contributed by atoms with E-state index in [1.807, 2.05) is 13.8 Å². The number of nitrogen functional groups attached to an aromatic ring is 1. The second-order valence-electron chi connectivity index (χ2n) is 5.39. The SMILES string of the molecule is CC(C)c1c(NN)ncnc1NCC(C)(C)C(N)=O. The van der Waals surface area contributed by atoms with E-state index in [1.165, 1.54) is 6.33 Å². The summed E-state index contributed by atoms with van der Waals surface area (Å²) in [6.07, 6.45) is 1.42. The van der Waals surface area contributed by atoms with E-state index in [4.69, 9.17) is 11.6 Å². The normalized spacial score (nSPS) is 11.5. The minimum absolute atomic E-state index is 0.187. The van der Waals surface area contributed by atoms with Crippen molar-refractivity contribution in [3.05, 3.63) is 11.9 Å². The Labute approximate surface area is 113 Å². The molecule has 7 nitrogen and oxygen atoms in total. The Kier molecular flexibility index (Phi) is 4.66. The summed E-state index contributed by atoms with van der Waals surface area (Å²) in [6.45, 7) is 7.98. The van der Waals surface area contributed by atoms with E-state index in [9.17, 15) is 4.79 Å². The molecule has 1 aromatic heterocycles. The van der Waals surface area contributed by atoms with Gasteiger partial charge < -0.3 is 16.5 Å². The van der Waals surface area contributed by atoms with E-state index in [0.717, 1.165) is 5.56 Å². The summed E-state index contributed by atoms with van der Waals surface area (Å²) < 4.78 is 0. The van der Waals surface area contributed by atoms with Gasteiger partial charge in [-0.1, -0.05) is 13.8 Å². The molecule has 0 unspecified atom stereocenters. The van der Waals surface area contributed by atoms with Crippen LogP contribution in [0.1, 0.15) is 39.2 Å². The minimum Gasteiger partial charge on any atom is -0.369 e. The summed E-state index contributed by atoms with van der Waals surface area (Å²) in [5.41, 5.74) is 8.12.